The van der Waals surface area contributed by atoms with E-state index in [1.54, 1.807) is 7.11 Å². The molecule has 1 atom stereocenters. The van der Waals surface area contributed by atoms with Crippen LogP contribution >= 0.6 is 0 Å². The van der Waals surface area contributed by atoms with Crippen molar-refractivity contribution in [1.29, 1.82) is 0 Å². The maximum Gasteiger partial charge on any atom is 0.118 e. The van der Waals surface area contributed by atoms with Gasteiger partial charge in [0, 0.05) is 25.3 Å². The van der Waals surface area contributed by atoms with Gasteiger partial charge in [-0.25, -0.2) is 0 Å². The number of likely N-dealkylation sites (N-methyl/N-ethyl adjacent to an activating group) is 1. The number of hydrogen-bond acceptors (Lipinski definition) is 4. The third-order valence-corrected chi connectivity index (χ3v) is 3.00. The molecule has 98 valence electrons. The van der Waals surface area contributed by atoms with E-state index in [9.17, 15) is 0 Å². The summed E-state index contributed by atoms with van der Waals surface area (Å²) in [6, 6.07) is 2.51. The zero-order chi connectivity index (χ0) is 12.8. The molecule has 4 nitrogen and oxygen atoms in total. The van der Waals surface area contributed by atoms with E-state index in [0.29, 0.717) is 6.04 Å². The smallest absolute Gasteiger partial charge is 0.118 e. The minimum absolute atomic E-state index is 0.387. The van der Waals surface area contributed by atoms with Crippen LogP contribution < -0.4 is 5.32 Å². The monoisotopic (exact) mass is 240 g/mol. The van der Waals surface area contributed by atoms with Gasteiger partial charge in [0.2, 0.25) is 0 Å². The van der Waals surface area contributed by atoms with Gasteiger partial charge in [0.05, 0.1) is 13.2 Å². The lowest BCUT2D eigenvalue weighted by Crippen LogP contribution is -2.31. The number of rotatable bonds is 7. The van der Waals surface area contributed by atoms with E-state index in [4.69, 9.17) is 9.15 Å². The molecule has 0 bridgehead atoms. The van der Waals surface area contributed by atoms with Crippen molar-refractivity contribution in [2.75, 3.05) is 27.8 Å². The Hall–Kier alpha value is -0.840. The van der Waals surface area contributed by atoms with Gasteiger partial charge in [-0.1, -0.05) is 0 Å². The van der Waals surface area contributed by atoms with Crippen LogP contribution in [0, 0.1) is 6.92 Å². The second-order valence-electron chi connectivity index (χ2n) is 4.54. The molecule has 0 saturated heterocycles. The first-order chi connectivity index (χ1) is 8.08. The van der Waals surface area contributed by atoms with Gasteiger partial charge in [0.1, 0.15) is 11.5 Å². The minimum Gasteiger partial charge on any atom is -0.465 e. The maximum atomic E-state index is 5.74. The molecule has 4 heteroatoms. The topological polar surface area (TPSA) is 37.6 Å². The molecule has 1 N–H and O–H groups in total. The Morgan fingerprint density at radius 2 is 2.24 bits per heavy atom. The van der Waals surface area contributed by atoms with Gasteiger partial charge in [0.15, 0.2) is 0 Å². The first-order valence-electron chi connectivity index (χ1n) is 6.00. The van der Waals surface area contributed by atoms with Crippen LogP contribution in [0.3, 0.4) is 0 Å². The average Bonchev–Trinajstić information content (AvgIpc) is 2.60. The van der Waals surface area contributed by atoms with E-state index in [-0.39, 0.29) is 0 Å². The maximum absolute atomic E-state index is 5.74. The van der Waals surface area contributed by atoms with Gasteiger partial charge in [-0.3, -0.25) is 4.90 Å². The Morgan fingerprint density at radius 3 is 2.82 bits per heavy atom. The van der Waals surface area contributed by atoms with Crippen LogP contribution in [0.4, 0.5) is 0 Å². The molecule has 1 unspecified atom stereocenters. The largest absolute Gasteiger partial charge is 0.465 e. The second kappa shape index (κ2) is 6.79. The van der Waals surface area contributed by atoms with Crippen molar-refractivity contribution >= 4 is 0 Å². The Bertz CT molecular complexity index is 336. The lowest BCUT2D eigenvalue weighted by Gasteiger charge is -2.22. The van der Waals surface area contributed by atoms with E-state index in [1.165, 1.54) is 5.56 Å². The van der Waals surface area contributed by atoms with Crippen LogP contribution in [0.25, 0.3) is 0 Å². The van der Waals surface area contributed by atoms with Crippen LogP contribution in [0.5, 0.6) is 0 Å². The summed E-state index contributed by atoms with van der Waals surface area (Å²) in [5.74, 6) is 2.01. The van der Waals surface area contributed by atoms with Gasteiger partial charge in [-0.2, -0.15) is 0 Å². The van der Waals surface area contributed by atoms with Crippen LogP contribution in [0.2, 0.25) is 0 Å². The van der Waals surface area contributed by atoms with Gasteiger partial charge in [0.25, 0.3) is 0 Å². The Labute approximate surface area is 104 Å². The summed E-state index contributed by atoms with van der Waals surface area (Å²) in [5.41, 5.74) is 1.23. The fraction of sp³-hybridized carbons (Fsp3) is 0.692. The highest BCUT2D eigenvalue weighted by Gasteiger charge is 2.13. The number of furan rings is 1. The number of nitrogens with zero attached hydrogens (tertiary/aromatic N) is 1. The Morgan fingerprint density at radius 1 is 1.53 bits per heavy atom. The second-order valence-corrected chi connectivity index (χ2v) is 4.54. The van der Waals surface area contributed by atoms with Crippen LogP contribution in [-0.2, 0) is 17.8 Å². The summed E-state index contributed by atoms with van der Waals surface area (Å²) in [5, 5.41) is 3.14. The molecule has 0 fully saturated rings. The van der Waals surface area contributed by atoms with Crippen LogP contribution in [0.1, 0.15) is 24.0 Å². The molecule has 0 spiro atoms. The number of ether oxygens (including phenoxy) is 1. The molecule has 1 rings (SSSR count). The third-order valence-electron chi connectivity index (χ3n) is 3.00. The lowest BCUT2D eigenvalue weighted by molar-refractivity contribution is 0.107. The predicted octanol–water partition coefficient (Wildman–Crippen LogP) is 1.77. The summed E-state index contributed by atoms with van der Waals surface area (Å²) < 4.78 is 10.9. The Balaban J connectivity index is 2.59. The Kier molecular flexibility index (Phi) is 5.68. The normalized spacial score (nSPS) is 13.3. The fourth-order valence-corrected chi connectivity index (χ4v) is 1.80. The molecule has 1 heterocycles. The molecule has 0 aliphatic heterocycles. The van der Waals surface area contributed by atoms with Crippen molar-refractivity contribution in [3.63, 3.8) is 0 Å². The van der Waals surface area contributed by atoms with E-state index in [0.717, 1.165) is 31.2 Å². The highest BCUT2D eigenvalue weighted by atomic mass is 16.5. The zero-order valence-corrected chi connectivity index (χ0v) is 11.5. The summed E-state index contributed by atoms with van der Waals surface area (Å²) >= 11 is 0. The van der Waals surface area contributed by atoms with E-state index < -0.39 is 0 Å². The van der Waals surface area contributed by atoms with E-state index >= 15 is 0 Å². The molecule has 1 aromatic rings. The molecular weight excluding hydrogens is 216 g/mol. The number of methoxy groups -OCH3 is 1. The van der Waals surface area contributed by atoms with Gasteiger partial charge in [-0.05, 0) is 34.0 Å². The molecule has 0 radical (unpaired) electrons. The first-order valence-corrected chi connectivity index (χ1v) is 6.00. The number of aryl methyl sites for hydroxylation is 1. The van der Waals surface area contributed by atoms with Crippen molar-refractivity contribution < 1.29 is 9.15 Å². The van der Waals surface area contributed by atoms with E-state index in [1.807, 2.05) is 14.0 Å². The highest BCUT2D eigenvalue weighted by molar-refractivity contribution is 5.20. The number of nitrogens with one attached hydrogen (secondary N) is 1. The number of hydrogen-bond donors (Lipinski definition) is 1. The zero-order valence-electron chi connectivity index (χ0n) is 11.5. The van der Waals surface area contributed by atoms with Crippen molar-refractivity contribution in [2.24, 2.45) is 0 Å². The van der Waals surface area contributed by atoms with Gasteiger partial charge < -0.3 is 14.5 Å². The molecule has 17 heavy (non-hydrogen) atoms. The summed E-state index contributed by atoms with van der Waals surface area (Å²) in [6.07, 6.45) is 0. The summed E-state index contributed by atoms with van der Waals surface area (Å²) in [4.78, 5) is 2.23. The standard InChI is InChI=1S/C13H24N2O2/c1-10(9-16-5)15(4)8-13-6-12(7-14-3)11(2)17-13/h6,10,14H,7-9H2,1-5H3. The van der Waals surface area contributed by atoms with Gasteiger partial charge >= 0.3 is 0 Å². The predicted molar refractivity (Wildman–Crippen MR) is 69.0 cm³/mol. The summed E-state index contributed by atoms with van der Waals surface area (Å²) in [7, 11) is 5.75. The van der Waals surface area contributed by atoms with Crippen LogP contribution in [0.15, 0.2) is 10.5 Å². The molecule has 0 aliphatic rings. The van der Waals surface area contributed by atoms with Gasteiger partial charge in [-0.15, -0.1) is 0 Å². The molecule has 0 aromatic carbocycles. The minimum atomic E-state index is 0.387. The average molecular weight is 240 g/mol. The highest BCUT2D eigenvalue weighted by Crippen LogP contribution is 2.16. The quantitative estimate of drug-likeness (QED) is 0.788. The van der Waals surface area contributed by atoms with Crippen LogP contribution in [-0.4, -0.2) is 38.8 Å². The third kappa shape index (κ3) is 4.15. The van der Waals surface area contributed by atoms with Crippen molar-refractivity contribution in [3.8, 4) is 0 Å². The molecule has 1 aromatic heterocycles. The van der Waals surface area contributed by atoms with Crippen molar-refractivity contribution in [1.82, 2.24) is 10.2 Å². The van der Waals surface area contributed by atoms with E-state index in [2.05, 4.69) is 30.3 Å². The molecule has 0 saturated carbocycles. The SMILES string of the molecule is CNCc1cc(CN(C)C(C)COC)oc1C. The first kappa shape index (κ1) is 14.2. The fourth-order valence-electron chi connectivity index (χ4n) is 1.80. The van der Waals surface area contributed by atoms with Crippen molar-refractivity contribution in [3.05, 3.63) is 23.2 Å². The summed E-state index contributed by atoms with van der Waals surface area (Å²) in [6.45, 7) is 6.56. The lowest BCUT2D eigenvalue weighted by atomic mass is 10.2. The van der Waals surface area contributed by atoms with Crippen molar-refractivity contribution in [2.45, 2.75) is 33.0 Å². The molecular formula is C13H24N2O2. The molecule has 0 aliphatic carbocycles. The molecule has 0 amide bonds.